The van der Waals surface area contributed by atoms with Gasteiger partial charge in [0.05, 0.1) is 11.2 Å². The van der Waals surface area contributed by atoms with Crippen molar-refractivity contribution in [2.45, 2.75) is 25.8 Å². The van der Waals surface area contributed by atoms with Crippen molar-refractivity contribution in [3.05, 3.63) is 35.8 Å². The molecule has 1 aromatic heterocycles. The predicted molar refractivity (Wildman–Crippen MR) is 60.2 cm³/mol. The zero-order valence-corrected chi connectivity index (χ0v) is 9.03. The molecule has 1 aliphatic rings. The fourth-order valence-corrected chi connectivity index (χ4v) is 2.21. The minimum absolute atomic E-state index is 0.00231. The summed E-state index contributed by atoms with van der Waals surface area (Å²) >= 11 is 0. The fourth-order valence-electron chi connectivity index (χ4n) is 2.21. The van der Waals surface area contributed by atoms with Crippen molar-refractivity contribution in [2.75, 3.05) is 0 Å². The zero-order chi connectivity index (χ0) is 11.3. The molecule has 16 heavy (non-hydrogen) atoms. The third kappa shape index (κ3) is 1.28. The topological polar surface area (TPSA) is 22.0 Å². The molecule has 1 aliphatic carbocycles. The first-order valence-electron chi connectivity index (χ1n) is 5.49. The van der Waals surface area contributed by atoms with Crippen molar-refractivity contribution >= 4 is 16.7 Å². The van der Waals surface area contributed by atoms with Crippen LogP contribution in [0.2, 0.25) is 0 Å². The molecule has 3 heteroatoms. The number of aromatic nitrogens is 1. The van der Waals surface area contributed by atoms with Gasteiger partial charge in [-0.2, -0.15) is 0 Å². The van der Waals surface area contributed by atoms with Crippen LogP contribution in [0, 0.1) is 5.82 Å². The van der Waals surface area contributed by atoms with Crippen LogP contribution in [0.4, 0.5) is 4.39 Å². The van der Waals surface area contributed by atoms with Gasteiger partial charge in [-0.3, -0.25) is 4.79 Å². The highest BCUT2D eigenvalue weighted by Gasteiger charge is 2.28. The predicted octanol–water partition coefficient (Wildman–Crippen LogP) is 3.32. The van der Waals surface area contributed by atoms with E-state index in [9.17, 15) is 9.18 Å². The van der Waals surface area contributed by atoms with Crippen LogP contribution in [0.15, 0.2) is 24.3 Å². The lowest BCUT2D eigenvalue weighted by molar-refractivity contribution is 0.100. The highest BCUT2D eigenvalue weighted by atomic mass is 19.1. The molecule has 0 unspecified atom stereocenters. The van der Waals surface area contributed by atoms with Gasteiger partial charge < -0.3 is 4.57 Å². The summed E-state index contributed by atoms with van der Waals surface area (Å²) in [5.41, 5.74) is 1.47. The molecule has 0 bridgehead atoms. The van der Waals surface area contributed by atoms with E-state index in [0.29, 0.717) is 17.1 Å². The fraction of sp³-hybridized carbons (Fsp3) is 0.308. The molecule has 2 aromatic rings. The van der Waals surface area contributed by atoms with Gasteiger partial charge in [0, 0.05) is 18.4 Å². The molecule has 1 aromatic carbocycles. The molecule has 1 saturated carbocycles. The van der Waals surface area contributed by atoms with Crippen LogP contribution >= 0.6 is 0 Å². The van der Waals surface area contributed by atoms with Crippen molar-refractivity contribution in [3.63, 3.8) is 0 Å². The molecular formula is C13H12FNO. The van der Waals surface area contributed by atoms with Gasteiger partial charge in [0.2, 0.25) is 0 Å². The lowest BCUT2D eigenvalue weighted by Crippen LogP contribution is -2.04. The van der Waals surface area contributed by atoms with Crippen molar-refractivity contribution in [3.8, 4) is 0 Å². The van der Waals surface area contributed by atoms with E-state index in [4.69, 9.17) is 0 Å². The number of ketones is 1. The van der Waals surface area contributed by atoms with Gasteiger partial charge >= 0.3 is 0 Å². The Kier molecular flexibility index (Phi) is 1.90. The molecular weight excluding hydrogens is 205 g/mol. The number of nitrogens with zero attached hydrogens (tertiary/aromatic N) is 1. The number of hydrogen-bond acceptors (Lipinski definition) is 1. The molecule has 2 nitrogen and oxygen atoms in total. The zero-order valence-electron chi connectivity index (χ0n) is 9.03. The summed E-state index contributed by atoms with van der Waals surface area (Å²) in [4.78, 5) is 11.5. The molecule has 0 atom stereocenters. The molecule has 1 fully saturated rings. The van der Waals surface area contributed by atoms with Crippen LogP contribution < -0.4 is 0 Å². The van der Waals surface area contributed by atoms with Crippen LogP contribution in [0.1, 0.15) is 36.3 Å². The highest BCUT2D eigenvalue weighted by Crippen LogP contribution is 2.40. The van der Waals surface area contributed by atoms with Crippen LogP contribution in [-0.2, 0) is 0 Å². The molecule has 82 valence electrons. The Hall–Kier alpha value is -1.64. The molecule has 0 spiro atoms. The van der Waals surface area contributed by atoms with Crippen LogP contribution in [0.5, 0.6) is 0 Å². The maximum Gasteiger partial charge on any atom is 0.176 e. The van der Waals surface area contributed by atoms with Crippen LogP contribution in [0.25, 0.3) is 10.9 Å². The van der Waals surface area contributed by atoms with Crippen molar-refractivity contribution in [1.82, 2.24) is 4.57 Å². The lowest BCUT2D eigenvalue weighted by atomic mass is 10.2. The van der Waals surface area contributed by atoms with E-state index in [1.54, 1.807) is 12.1 Å². The first-order valence-corrected chi connectivity index (χ1v) is 5.49. The Morgan fingerprint density at radius 2 is 2.19 bits per heavy atom. The van der Waals surface area contributed by atoms with Gasteiger partial charge in [-0.15, -0.1) is 0 Å². The maximum atomic E-state index is 13.6. The second-order valence-electron chi connectivity index (χ2n) is 4.36. The first kappa shape index (κ1) is 9.58. The minimum atomic E-state index is -0.251. The number of Topliss-reactive ketones (excluding diaryl/α,β-unsaturated/α-hetero) is 1. The average Bonchev–Trinajstić information content (AvgIpc) is 2.99. The van der Waals surface area contributed by atoms with Gasteiger partial charge in [0.15, 0.2) is 5.78 Å². The summed E-state index contributed by atoms with van der Waals surface area (Å²) in [6.07, 6.45) is 2.17. The summed E-state index contributed by atoms with van der Waals surface area (Å²) in [5, 5.41) is 0.555. The molecule has 1 heterocycles. The van der Waals surface area contributed by atoms with Crippen molar-refractivity contribution in [1.29, 1.82) is 0 Å². The summed E-state index contributed by atoms with van der Waals surface area (Å²) in [6.45, 7) is 1.53. The number of hydrogen-bond donors (Lipinski definition) is 0. The number of rotatable bonds is 2. The molecule has 0 radical (unpaired) electrons. The number of fused-ring (bicyclic) bond motifs is 1. The quantitative estimate of drug-likeness (QED) is 0.707. The lowest BCUT2D eigenvalue weighted by Gasteiger charge is -2.06. The van der Waals surface area contributed by atoms with E-state index >= 15 is 0 Å². The van der Waals surface area contributed by atoms with E-state index < -0.39 is 0 Å². The highest BCUT2D eigenvalue weighted by molar-refractivity contribution is 5.99. The standard InChI is InChI=1S/C13H12FNO/c1-8(16)13-7-10-11(14)3-2-4-12(10)15(13)9-5-6-9/h2-4,7,9H,5-6H2,1H3. The molecule has 3 rings (SSSR count). The second kappa shape index (κ2) is 3.17. The monoisotopic (exact) mass is 217 g/mol. The summed E-state index contributed by atoms with van der Waals surface area (Å²) < 4.78 is 15.6. The third-order valence-electron chi connectivity index (χ3n) is 3.10. The van der Waals surface area contributed by atoms with Gasteiger partial charge in [-0.05, 0) is 31.0 Å². The van der Waals surface area contributed by atoms with Gasteiger partial charge in [-0.1, -0.05) is 6.07 Å². The third-order valence-corrected chi connectivity index (χ3v) is 3.10. The molecule has 0 saturated heterocycles. The van der Waals surface area contributed by atoms with Crippen LogP contribution in [-0.4, -0.2) is 10.4 Å². The van der Waals surface area contributed by atoms with E-state index in [0.717, 1.165) is 18.4 Å². The number of carbonyl (C=O) groups is 1. The summed E-state index contributed by atoms with van der Waals surface area (Å²) in [7, 11) is 0. The summed E-state index contributed by atoms with van der Waals surface area (Å²) in [6, 6.07) is 7.07. The van der Waals surface area contributed by atoms with E-state index in [-0.39, 0.29) is 11.6 Å². The molecule has 0 aliphatic heterocycles. The van der Waals surface area contributed by atoms with E-state index in [1.807, 2.05) is 10.6 Å². The Morgan fingerprint density at radius 1 is 1.44 bits per heavy atom. The SMILES string of the molecule is CC(=O)c1cc2c(F)cccc2n1C1CC1. The Balaban J connectivity index is 2.37. The maximum absolute atomic E-state index is 13.6. The Bertz CT molecular complexity index is 581. The number of benzene rings is 1. The van der Waals surface area contributed by atoms with Gasteiger partial charge in [0.1, 0.15) is 5.82 Å². The van der Waals surface area contributed by atoms with Crippen LogP contribution in [0.3, 0.4) is 0 Å². The first-order chi connectivity index (χ1) is 7.68. The number of carbonyl (C=O) groups excluding carboxylic acids is 1. The largest absolute Gasteiger partial charge is 0.335 e. The van der Waals surface area contributed by atoms with Crippen molar-refractivity contribution in [2.24, 2.45) is 0 Å². The minimum Gasteiger partial charge on any atom is -0.335 e. The normalized spacial score (nSPS) is 15.6. The Morgan fingerprint density at radius 3 is 2.81 bits per heavy atom. The smallest absolute Gasteiger partial charge is 0.176 e. The van der Waals surface area contributed by atoms with E-state index in [2.05, 4.69) is 0 Å². The number of halogens is 1. The van der Waals surface area contributed by atoms with E-state index in [1.165, 1.54) is 13.0 Å². The summed E-state index contributed by atoms with van der Waals surface area (Å²) in [5.74, 6) is -0.248. The molecule has 0 N–H and O–H groups in total. The van der Waals surface area contributed by atoms with Gasteiger partial charge in [-0.25, -0.2) is 4.39 Å². The van der Waals surface area contributed by atoms with Crippen molar-refractivity contribution < 1.29 is 9.18 Å². The average molecular weight is 217 g/mol. The van der Waals surface area contributed by atoms with Gasteiger partial charge in [0.25, 0.3) is 0 Å². The Labute approximate surface area is 92.7 Å². The second-order valence-corrected chi connectivity index (χ2v) is 4.36. The molecule has 0 amide bonds.